The summed E-state index contributed by atoms with van der Waals surface area (Å²) >= 11 is 0. The molecule has 4 N–H and O–H groups in total. The van der Waals surface area contributed by atoms with Gasteiger partial charge in [-0.15, -0.1) is 0 Å². The first-order chi connectivity index (χ1) is 16.1. The van der Waals surface area contributed by atoms with E-state index in [2.05, 4.69) is 23.0 Å². The number of hydrogen-bond acceptors (Lipinski definition) is 8. The Morgan fingerprint density at radius 2 is 1.39 bits per heavy atom. The molecular weight excluding hydrogens is 494 g/mol. The number of nitrogens with one attached hydrogen (secondary N) is 1. The minimum Gasteiger partial charge on any atom is -0.346 e. The highest BCUT2D eigenvalue weighted by atomic mass is 16.7. The number of hydrogen-bond donors (Lipinski definition) is 3. The summed E-state index contributed by atoms with van der Waals surface area (Å²) in [6, 6.07) is 0.0417. The molecule has 0 saturated carbocycles. The van der Waals surface area contributed by atoms with Gasteiger partial charge in [0.05, 0.1) is 7.11 Å². The third-order valence-electron chi connectivity index (χ3n) is 4.95. The number of carbonyl (C=O) groups is 5. The average Bonchev–Trinajstić information content (AvgIpc) is 3.48. The minimum absolute atomic E-state index is 0. The molecule has 3 aliphatic rings. The molecule has 230 valence electrons. The third-order valence-corrected chi connectivity index (χ3v) is 4.95. The van der Waals surface area contributed by atoms with Crippen molar-refractivity contribution < 1.29 is 34.0 Å². The summed E-state index contributed by atoms with van der Waals surface area (Å²) in [5.74, 6) is 3.62. The van der Waals surface area contributed by atoms with Crippen LogP contribution in [-0.2, 0) is 24.0 Å². The quantitative estimate of drug-likeness (QED) is 0.252. The number of Topliss-reactive ketones (excluding diaryl/α,β-unsaturated/α-hetero) is 1. The van der Waals surface area contributed by atoms with E-state index in [0.717, 1.165) is 50.4 Å². The molecular formula is C26H59N5O7. The zero-order valence-electron chi connectivity index (χ0n) is 21.3. The SMILES string of the molecule is C.C.C.C.CCCCCCC(C)=O.CN1CCCC1=O.CN1CCNC1=O.CON1C(=O)CCC1=O.NO. The number of rotatable bonds is 6. The molecule has 3 fully saturated rings. The van der Waals surface area contributed by atoms with E-state index >= 15 is 0 Å². The summed E-state index contributed by atoms with van der Waals surface area (Å²) in [4.78, 5) is 60.4. The van der Waals surface area contributed by atoms with Crippen molar-refractivity contribution in [2.75, 3.05) is 40.8 Å². The fourth-order valence-electron chi connectivity index (χ4n) is 2.91. The number of urea groups is 1. The molecule has 3 heterocycles. The van der Waals surface area contributed by atoms with E-state index in [1.165, 1.54) is 26.4 Å². The molecule has 3 aliphatic heterocycles. The van der Waals surface area contributed by atoms with E-state index in [-0.39, 0.29) is 60.4 Å². The van der Waals surface area contributed by atoms with Crippen LogP contribution in [-0.4, -0.2) is 90.4 Å². The predicted molar refractivity (Wildman–Crippen MR) is 153 cm³/mol. The third kappa shape index (κ3) is 23.8. The fraction of sp³-hybridized carbons (Fsp3) is 0.808. The minimum atomic E-state index is -0.248. The van der Waals surface area contributed by atoms with E-state index in [9.17, 15) is 24.0 Å². The number of likely N-dealkylation sites (N-methyl/N-ethyl adjacent to an activating group) is 1. The van der Waals surface area contributed by atoms with Gasteiger partial charge in [0.25, 0.3) is 11.8 Å². The van der Waals surface area contributed by atoms with Crippen LogP contribution in [0.5, 0.6) is 0 Å². The Labute approximate surface area is 232 Å². The second kappa shape index (κ2) is 30.7. The fourth-order valence-corrected chi connectivity index (χ4v) is 2.91. The Morgan fingerprint density at radius 1 is 0.868 bits per heavy atom. The standard InChI is InChI=1S/C8H16O.C5H7NO3.C5H9NO.C4H8N2O.4CH4.H3NO/c1-3-4-5-6-7-8(2)9;1-9-6-4(7)2-3-5(6)8;1-6-4-2-3-5(6)7;1-6-3-2-5-4(6)7;;;;;1-2/h3-7H2,1-2H3;2-3H2,1H3;2-4H2,1H3;2-3H2,1H3,(H,5,7);4*1H4;2H,1H2. The Bertz CT molecular complexity index is 593. The van der Waals surface area contributed by atoms with E-state index in [1.54, 1.807) is 23.8 Å². The Morgan fingerprint density at radius 3 is 1.61 bits per heavy atom. The molecule has 12 heteroatoms. The number of nitrogens with two attached hydrogens (primary N) is 1. The highest BCUT2D eigenvalue weighted by Gasteiger charge is 2.28. The summed E-state index contributed by atoms with van der Waals surface area (Å²) in [5.41, 5.74) is 0. The van der Waals surface area contributed by atoms with Crippen molar-refractivity contribution in [3.8, 4) is 0 Å². The van der Waals surface area contributed by atoms with Gasteiger partial charge < -0.3 is 25.1 Å². The molecule has 0 atom stereocenters. The van der Waals surface area contributed by atoms with E-state index in [4.69, 9.17) is 5.21 Å². The van der Waals surface area contributed by atoms with Crippen LogP contribution in [0.4, 0.5) is 4.79 Å². The highest BCUT2D eigenvalue weighted by molar-refractivity contribution is 6.00. The maximum Gasteiger partial charge on any atom is 0.317 e. The first-order valence-electron chi connectivity index (χ1n) is 11.5. The Kier molecular flexibility index (Phi) is 39.1. The first-order valence-corrected chi connectivity index (χ1v) is 11.5. The van der Waals surface area contributed by atoms with Gasteiger partial charge in [0, 0.05) is 59.4 Å². The largest absolute Gasteiger partial charge is 0.346 e. The highest BCUT2D eigenvalue weighted by Crippen LogP contribution is 2.10. The molecule has 0 spiro atoms. The van der Waals surface area contributed by atoms with Crippen LogP contribution < -0.4 is 11.2 Å². The summed E-state index contributed by atoms with van der Waals surface area (Å²) in [6.07, 6.45) is 7.98. The number of carbonyl (C=O) groups excluding carboxylic acids is 5. The molecule has 0 aromatic heterocycles. The summed E-state index contributed by atoms with van der Waals surface area (Å²) in [7, 11) is 4.93. The maximum atomic E-state index is 10.6. The topological polar surface area (TPSA) is 163 Å². The molecule has 0 bridgehead atoms. The van der Waals surface area contributed by atoms with Gasteiger partial charge in [0.15, 0.2) is 0 Å². The van der Waals surface area contributed by atoms with Gasteiger partial charge >= 0.3 is 6.03 Å². The summed E-state index contributed by atoms with van der Waals surface area (Å²) < 4.78 is 0. The predicted octanol–water partition coefficient (Wildman–Crippen LogP) is 4.00. The van der Waals surface area contributed by atoms with Crippen molar-refractivity contribution >= 4 is 29.5 Å². The average molecular weight is 554 g/mol. The van der Waals surface area contributed by atoms with E-state index < -0.39 is 0 Å². The monoisotopic (exact) mass is 553 g/mol. The molecule has 5 amide bonds. The lowest BCUT2D eigenvalue weighted by molar-refractivity contribution is -0.179. The molecule has 0 radical (unpaired) electrons. The van der Waals surface area contributed by atoms with Crippen LogP contribution in [0, 0.1) is 0 Å². The lowest BCUT2D eigenvalue weighted by Crippen LogP contribution is -2.27. The van der Waals surface area contributed by atoms with Crippen LogP contribution >= 0.6 is 0 Å². The zero-order chi connectivity index (χ0) is 26.5. The second-order valence-electron chi connectivity index (χ2n) is 7.85. The molecule has 0 aromatic rings. The number of amides is 5. The number of hydroxylamine groups is 2. The van der Waals surface area contributed by atoms with Crippen LogP contribution in [0.1, 0.15) is 101 Å². The van der Waals surface area contributed by atoms with Gasteiger partial charge in [0.2, 0.25) is 5.91 Å². The van der Waals surface area contributed by atoms with Crippen LogP contribution in [0.3, 0.4) is 0 Å². The van der Waals surface area contributed by atoms with Crippen LogP contribution in [0.15, 0.2) is 0 Å². The van der Waals surface area contributed by atoms with Crippen LogP contribution in [0.2, 0.25) is 0 Å². The van der Waals surface area contributed by atoms with Gasteiger partial charge in [-0.3, -0.25) is 19.2 Å². The summed E-state index contributed by atoms with van der Waals surface area (Å²) in [5, 5.41) is 9.95. The normalized spacial score (nSPS) is 14.7. The van der Waals surface area contributed by atoms with E-state index in [1.807, 2.05) is 7.05 Å². The second-order valence-corrected chi connectivity index (χ2v) is 7.85. The van der Waals surface area contributed by atoms with Crippen molar-refractivity contribution in [2.24, 2.45) is 5.90 Å². The van der Waals surface area contributed by atoms with Crippen molar-refractivity contribution in [3.63, 3.8) is 0 Å². The lowest BCUT2D eigenvalue weighted by Gasteiger charge is -2.07. The number of ketones is 1. The van der Waals surface area contributed by atoms with Crippen molar-refractivity contribution in [1.82, 2.24) is 20.2 Å². The molecule has 38 heavy (non-hydrogen) atoms. The molecule has 3 rings (SSSR count). The smallest absolute Gasteiger partial charge is 0.317 e. The number of unbranched alkanes of at least 4 members (excludes halogenated alkanes) is 3. The van der Waals surface area contributed by atoms with Gasteiger partial charge in [0.1, 0.15) is 5.78 Å². The molecule has 0 aromatic carbocycles. The summed E-state index contributed by atoms with van der Waals surface area (Å²) in [6.45, 7) is 6.44. The van der Waals surface area contributed by atoms with Gasteiger partial charge in [-0.2, -0.15) is 5.06 Å². The van der Waals surface area contributed by atoms with Crippen LogP contribution in [0.25, 0.3) is 0 Å². The van der Waals surface area contributed by atoms with Crippen molar-refractivity contribution in [3.05, 3.63) is 0 Å². The number of likely N-dealkylation sites (tertiary alicyclic amines) is 1. The molecule has 12 nitrogen and oxygen atoms in total. The molecule has 0 aliphatic carbocycles. The Balaban J connectivity index is -0.0000000852. The number of nitrogens with zero attached hydrogens (tertiary/aromatic N) is 3. The maximum absolute atomic E-state index is 10.6. The lowest BCUT2D eigenvalue weighted by atomic mass is 10.1. The van der Waals surface area contributed by atoms with Gasteiger partial charge in [-0.25, -0.2) is 10.7 Å². The van der Waals surface area contributed by atoms with Gasteiger partial charge in [-0.1, -0.05) is 55.9 Å². The first kappa shape index (κ1) is 48.5. The van der Waals surface area contributed by atoms with Crippen molar-refractivity contribution in [1.29, 1.82) is 0 Å². The zero-order valence-corrected chi connectivity index (χ0v) is 21.3. The molecule has 3 saturated heterocycles. The number of imide groups is 1. The van der Waals surface area contributed by atoms with E-state index in [0.29, 0.717) is 11.7 Å². The van der Waals surface area contributed by atoms with Crippen molar-refractivity contribution in [2.45, 2.75) is 101 Å². The van der Waals surface area contributed by atoms with Gasteiger partial charge in [-0.05, 0) is 19.8 Å². The Hall–Kier alpha value is -2.57. The molecule has 0 unspecified atom stereocenters.